The number of likely N-dealkylation sites (tertiary alicyclic amines) is 2. The molecule has 0 bridgehead atoms. The molecule has 0 spiro atoms. The van der Waals surface area contributed by atoms with Gasteiger partial charge in [0.25, 0.3) is 5.92 Å². The molecule has 2 saturated heterocycles. The zero-order chi connectivity index (χ0) is 24.9. The van der Waals surface area contributed by atoms with Gasteiger partial charge in [-0.1, -0.05) is 30.3 Å². The highest BCUT2D eigenvalue weighted by Crippen LogP contribution is 2.54. The third-order valence-corrected chi connectivity index (χ3v) is 9.11. The van der Waals surface area contributed by atoms with E-state index >= 15 is 0 Å². The molecule has 2 aliphatic heterocycles. The molecule has 192 valence electrons. The SMILES string of the molecule is CC(F)(F)c1ccc(OC2CCN(C(=O)C3[C@H]4CN(C5CCC(c6ccccc6)CC5)C[C@@H]34)C2)cc1. The number of fused-ring (bicyclic) bond motifs is 1. The van der Waals surface area contributed by atoms with E-state index in [0.29, 0.717) is 42.0 Å². The van der Waals surface area contributed by atoms with Crippen LogP contribution in [0.4, 0.5) is 8.78 Å². The molecule has 2 heterocycles. The summed E-state index contributed by atoms with van der Waals surface area (Å²) in [5, 5.41) is 0. The second-order valence-corrected chi connectivity index (χ2v) is 11.4. The van der Waals surface area contributed by atoms with E-state index in [2.05, 4.69) is 35.2 Å². The summed E-state index contributed by atoms with van der Waals surface area (Å²) in [5.41, 5.74) is 1.47. The maximum atomic E-state index is 13.4. The molecule has 2 saturated carbocycles. The van der Waals surface area contributed by atoms with Crippen molar-refractivity contribution < 1.29 is 18.3 Å². The molecule has 1 amide bonds. The molecule has 4 fully saturated rings. The zero-order valence-electron chi connectivity index (χ0n) is 21.0. The normalized spacial score (nSPS) is 32.4. The van der Waals surface area contributed by atoms with Crippen LogP contribution in [0.5, 0.6) is 5.75 Å². The quantitative estimate of drug-likeness (QED) is 0.518. The van der Waals surface area contributed by atoms with Crippen molar-refractivity contribution in [1.29, 1.82) is 0 Å². The molecule has 6 heteroatoms. The van der Waals surface area contributed by atoms with Gasteiger partial charge in [0.1, 0.15) is 11.9 Å². The summed E-state index contributed by atoms with van der Waals surface area (Å²) < 4.78 is 32.9. The second kappa shape index (κ2) is 9.44. The van der Waals surface area contributed by atoms with Gasteiger partial charge in [-0.15, -0.1) is 0 Å². The van der Waals surface area contributed by atoms with E-state index in [9.17, 15) is 13.6 Å². The number of carbonyl (C=O) groups is 1. The molecule has 4 nitrogen and oxygen atoms in total. The van der Waals surface area contributed by atoms with Gasteiger partial charge >= 0.3 is 0 Å². The van der Waals surface area contributed by atoms with E-state index in [1.54, 1.807) is 12.1 Å². The van der Waals surface area contributed by atoms with Crippen LogP contribution in [-0.4, -0.2) is 54.0 Å². The second-order valence-electron chi connectivity index (χ2n) is 11.4. The maximum absolute atomic E-state index is 13.4. The van der Waals surface area contributed by atoms with Crippen LogP contribution in [0, 0.1) is 17.8 Å². The Balaban J connectivity index is 0.952. The number of nitrogens with zero attached hydrogens (tertiary/aromatic N) is 2. The molecule has 36 heavy (non-hydrogen) atoms. The fourth-order valence-electron chi connectivity index (χ4n) is 6.98. The third-order valence-electron chi connectivity index (χ3n) is 9.11. The van der Waals surface area contributed by atoms with Gasteiger partial charge in [-0.3, -0.25) is 9.69 Å². The van der Waals surface area contributed by atoms with Crippen LogP contribution >= 0.6 is 0 Å². The Labute approximate surface area is 212 Å². The van der Waals surface area contributed by atoms with Gasteiger partial charge in [-0.05, 0) is 73.3 Å². The van der Waals surface area contributed by atoms with E-state index in [1.807, 2.05) is 4.90 Å². The van der Waals surface area contributed by atoms with Crippen LogP contribution in [0.1, 0.15) is 56.1 Å². The Hall–Kier alpha value is -2.47. The first-order chi connectivity index (χ1) is 17.4. The average Bonchev–Trinajstić information content (AvgIpc) is 3.20. The largest absolute Gasteiger partial charge is 0.489 e. The third kappa shape index (κ3) is 4.77. The molecule has 2 aliphatic carbocycles. The van der Waals surface area contributed by atoms with E-state index in [4.69, 9.17) is 4.74 Å². The Morgan fingerprint density at radius 2 is 1.56 bits per heavy atom. The molecule has 0 N–H and O–H groups in total. The van der Waals surface area contributed by atoms with Crippen LogP contribution in [0.3, 0.4) is 0 Å². The van der Waals surface area contributed by atoms with Crippen LogP contribution in [-0.2, 0) is 10.7 Å². The van der Waals surface area contributed by atoms with Crippen molar-refractivity contribution in [3.8, 4) is 5.75 Å². The molecular weight excluding hydrogens is 458 g/mol. The lowest BCUT2D eigenvalue weighted by Gasteiger charge is -2.36. The molecule has 2 aromatic carbocycles. The minimum absolute atomic E-state index is 0.0170. The summed E-state index contributed by atoms with van der Waals surface area (Å²) in [5.74, 6) is -0.0430. The minimum Gasteiger partial charge on any atom is -0.489 e. The zero-order valence-corrected chi connectivity index (χ0v) is 21.0. The van der Waals surface area contributed by atoms with Crippen LogP contribution in [0.2, 0.25) is 0 Å². The van der Waals surface area contributed by atoms with Crippen LogP contribution in [0.15, 0.2) is 54.6 Å². The first-order valence-corrected chi connectivity index (χ1v) is 13.6. The van der Waals surface area contributed by atoms with E-state index in [-0.39, 0.29) is 17.6 Å². The van der Waals surface area contributed by atoms with Gasteiger partial charge in [-0.25, -0.2) is 8.78 Å². The van der Waals surface area contributed by atoms with Gasteiger partial charge in [0.15, 0.2) is 0 Å². The smallest absolute Gasteiger partial charge is 0.270 e. The number of rotatable bonds is 6. The highest BCUT2D eigenvalue weighted by atomic mass is 19.3. The van der Waals surface area contributed by atoms with Gasteiger partial charge in [0, 0.05) is 50.5 Å². The topological polar surface area (TPSA) is 32.8 Å². The number of ether oxygens (including phenoxy) is 1. The average molecular weight is 495 g/mol. The highest BCUT2D eigenvalue weighted by Gasteiger charge is 2.61. The molecule has 6 rings (SSSR count). The molecule has 4 atom stereocenters. The number of hydrogen-bond acceptors (Lipinski definition) is 3. The van der Waals surface area contributed by atoms with Gasteiger partial charge < -0.3 is 9.64 Å². The molecule has 0 aromatic heterocycles. The first kappa shape index (κ1) is 23.9. The minimum atomic E-state index is -2.85. The van der Waals surface area contributed by atoms with Crippen molar-refractivity contribution in [2.45, 2.75) is 63.0 Å². The summed E-state index contributed by atoms with van der Waals surface area (Å²) in [7, 11) is 0. The van der Waals surface area contributed by atoms with Crippen LogP contribution in [0.25, 0.3) is 0 Å². The Morgan fingerprint density at radius 3 is 2.19 bits per heavy atom. The molecule has 0 radical (unpaired) electrons. The summed E-state index contributed by atoms with van der Waals surface area (Å²) in [6.07, 6.45) is 5.77. The maximum Gasteiger partial charge on any atom is 0.270 e. The highest BCUT2D eigenvalue weighted by molar-refractivity contribution is 5.83. The Kier molecular flexibility index (Phi) is 6.27. The van der Waals surface area contributed by atoms with Crippen LogP contribution < -0.4 is 4.74 Å². The summed E-state index contributed by atoms with van der Waals surface area (Å²) in [4.78, 5) is 17.9. The van der Waals surface area contributed by atoms with Crippen molar-refractivity contribution in [2.75, 3.05) is 26.2 Å². The van der Waals surface area contributed by atoms with Crippen molar-refractivity contribution in [1.82, 2.24) is 9.80 Å². The van der Waals surface area contributed by atoms with Crippen molar-refractivity contribution in [3.05, 3.63) is 65.7 Å². The monoisotopic (exact) mass is 494 g/mol. The lowest BCUT2D eigenvalue weighted by Crippen LogP contribution is -2.40. The molecule has 4 aliphatic rings. The van der Waals surface area contributed by atoms with E-state index in [0.717, 1.165) is 33.0 Å². The number of amides is 1. The van der Waals surface area contributed by atoms with Crippen molar-refractivity contribution in [3.63, 3.8) is 0 Å². The summed E-state index contributed by atoms with van der Waals surface area (Å²) in [6.45, 7) is 4.35. The van der Waals surface area contributed by atoms with E-state index < -0.39 is 5.92 Å². The van der Waals surface area contributed by atoms with E-state index in [1.165, 1.54) is 43.4 Å². The fraction of sp³-hybridized carbons (Fsp3) is 0.567. The summed E-state index contributed by atoms with van der Waals surface area (Å²) >= 11 is 0. The standard InChI is InChI=1S/C30H36F2N2O2/c1-30(31,32)22-9-13-24(14-10-22)36-25-15-16-33(17-25)29(35)28-26-18-34(19-27(26)28)23-11-7-21(8-12-23)20-5-3-2-4-6-20/h2-6,9-10,13-14,21,23,25-28H,7-8,11-12,15-19H2,1H3/t21?,23?,25?,26-,27+,28?. The van der Waals surface area contributed by atoms with Gasteiger partial charge in [-0.2, -0.15) is 0 Å². The Morgan fingerprint density at radius 1 is 0.889 bits per heavy atom. The predicted octanol–water partition coefficient (Wildman–Crippen LogP) is 5.68. The van der Waals surface area contributed by atoms with Crippen molar-refractivity contribution >= 4 is 5.91 Å². The Bertz CT molecular complexity index is 1050. The number of piperidine rings is 1. The fourth-order valence-corrected chi connectivity index (χ4v) is 6.98. The molecule has 2 aromatic rings. The lowest BCUT2D eigenvalue weighted by atomic mass is 9.81. The van der Waals surface area contributed by atoms with Gasteiger partial charge in [0.05, 0.1) is 6.54 Å². The van der Waals surface area contributed by atoms with Crippen molar-refractivity contribution in [2.24, 2.45) is 17.8 Å². The number of hydrogen-bond donors (Lipinski definition) is 0. The molecule has 2 unspecified atom stereocenters. The number of alkyl halides is 2. The number of carbonyl (C=O) groups excluding carboxylic acids is 1. The molecular formula is C30H36F2N2O2. The number of halogens is 2. The predicted molar refractivity (Wildman–Crippen MR) is 135 cm³/mol. The van der Waals surface area contributed by atoms with Gasteiger partial charge in [0.2, 0.25) is 5.91 Å². The first-order valence-electron chi connectivity index (χ1n) is 13.6. The summed E-state index contributed by atoms with van der Waals surface area (Å²) in [6, 6.07) is 17.6. The number of benzene rings is 2. The lowest BCUT2D eigenvalue weighted by molar-refractivity contribution is -0.132.